The van der Waals surface area contributed by atoms with Gasteiger partial charge < -0.3 is 0 Å². The van der Waals surface area contributed by atoms with E-state index in [2.05, 4.69) is 20.6 Å². The molecular weight excluding hydrogens is 86.1 g/mol. The smallest absolute Gasteiger partial charge is 0.140 e. The second kappa shape index (κ2) is 1.10. The van der Waals surface area contributed by atoms with Crippen LogP contribution in [-0.4, -0.2) is 24.1 Å². The molecule has 7 heavy (non-hydrogen) atoms. The van der Waals surface area contributed by atoms with E-state index in [0.717, 1.165) is 10.5 Å². The highest BCUT2D eigenvalue weighted by Crippen LogP contribution is 2.26. The van der Waals surface area contributed by atoms with Crippen LogP contribution in [0.3, 0.4) is 0 Å². The molecule has 0 radical (unpaired) electrons. The van der Waals surface area contributed by atoms with Gasteiger partial charge in [-0.05, 0) is 13.5 Å². The molecule has 2 atom stereocenters. The highest BCUT2D eigenvalue weighted by molar-refractivity contribution is 4.73. The Morgan fingerprint density at radius 3 is 2.29 bits per heavy atom. The van der Waals surface area contributed by atoms with Gasteiger partial charge in [-0.15, -0.1) is 0 Å². The summed E-state index contributed by atoms with van der Waals surface area (Å²) < 4.78 is 1.07. The molecule has 0 amide bonds. The lowest BCUT2D eigenvalue weighted by molar-refractivity contribution is -0.732. The molecule has 0 saturated carbocycles. The third kappa shape index (κ3) is 0.570. The molecule has 1 aliphatic heterocycles. The highest BCUT2D eigenvalue weighted by Gasteiger charge is 2.44. The lowest BCUT2D eigenvalue weighted by atomic mass is 10.6. The minimum Gasteiger partial charge on any atom is -0.288 e. The van der Waals surface area contributed by atoms with Crippen LogP contribution in [-0.2, 0) is 0 Å². The Balaban J connectivity index is 2.51. The van der Waals surface area contributed by atoms with E-state index in [-0.39, 0.29) is 0 Å². The van der Waals surface area contributed by atoms with Crippen LogP contribution in [0, 0.1) is 0 Å². The number of rotatable bonds is 1. The molecule has 1 aliphatic rings. The first kappa shape index (κ1) is 4.85. The topological polar surface area (TPSA) is 0 Å². The van der Waals surface area contributed by atoms with Gasteiger partial charge in [-0.3, -0.25) is 4.48 Å². The molecule has 2 unspecified atom stereocenters. The average Bonchev–Trinajstić information content (AvgIpc) is 2.18. The maximum atomic E-state index is 3.72. The van der Waals surface area contributed by atoms with Gasteiger partial charge in [0, 0.05) is 0 Å². The van der Waals surface area contributed by atoms with Crippen LogP contribution >= 0.6 is 0 Å². The standard InChI is InChI=1S/C6H12N/c1-4-7(3)5-6(7)2/h4,6H,1,5H2,2-3H3/q+1. The third-order valence-electron chi connectivity index (χ3n) is 1.95. The maximum Gasteiger partial charge on any atom is 0.140 e. The lowest BCUT2D eigenvalue weighted by Gasteiger charge is -2.01. The summed E-state index contributed by atoms with van der Waals surface area (Å²) in [6.07, 6.45) is 2.00. The Labute approximate surface area is 44.8 Å². The summed E-state index contributed by atoms with van der Waals surface area (Å²) in [7, 11) is 2.19. The zero-order chi connectivity index (χ0) is 5.49. The average molecular weight is 98.2 g/mol. The van der Waals surface area contributed by atoms with E-state index in [1.807, 2.05) is 6.20 Å². The minimum atomic E-state index is 0.831. The second-order valence-corrected chi connectivity index (χ2v) is 2.56. The van der Waals surface area contributed by atoms with Crippen LogP contribution in [0.25, 0.3) is 0 Å². The monoisotopic (exact) mass is 98.1 g/mol. The summed E-state index contributed by atoms with van der Waals surface area (Å²) >= 11 is 0. The summed E-state index contributed by atoms with van der Waals surface area (Å²) in [6.45, 7) is 7.24. The van der Waals surface area contributed by atoms with Crippen molar-refractivity contribution in [2.24, 2.45) is 0 Å². The molecule has 0 aromatic rings. The number of likely N-dealkylation sites (N-methyl/N-ethyl adjacent to an activating group) is 1. The van der Waals surface area contributed by atoms with Gasteiger partial charge in [-0.2, -0.15) is 0 Å². The Morgan fingerprint density at radius 1 is 1.86 bits per heavy atom. The van der Waals surface area contributed by atoms with Gasteiger partial charge in [0.25, 0.3) is 0 Å². The molecule has 0 aromatic heterocycles. The van der Waals surface area contributed by atoms with Crippen molar-refractivity contribution in [1.82, 2.24) is 0 Å². The first-order valence-electron chi connectivity index (χ1n) is 2.67. The molecular formula is C6H12N+. The SMILES string of the molecule is C=C[N+]1(C)CC1C. The van der Waals surface area contributed by atoms with Gasteiger partial charge in [0.15, 0.2) is 0 Å². The number of hydrogen-bond acceptors (Lipinski definition) is 0. The molecule has 40 valence electrons. The number of quaternary nitrogens is 1. The van der Waals surface area contributed by atoms with Gasteiger partial charge >= 0.3 is 0 Å². The van der Waals surface area contributed by atoms with Crippen LogP contribution in [0.2, 0.25) is 0 Å². The van der Waals surface area contributed by atoms with Crippen LogP contribution in [0.5, 0.6) is 0 Å². The molecule has 1 heterocycles. The molecule has 0 aliphatic carbocycles. The zero-order valence-corrected chi connectivity index (χ0v) is 5.02. The van der Waals surface area contributed by atoms with Crippen molar-refractivity contribution in [2.75, 3.05) is 13.6 Å². The van der Waals surface area contributed by atoms with Gasteiger partial charge in [0.2, 0.25) is 0 Å². The lowest BCUT2D eigenvalue weighted by Crippen LogP contribution is -2.11. The highest BCUT2D eigenvalue weighted by atomic mass is 15.5. The predicted molar refractivity (Wildman–Crippen MR) is 30.7 cm³/mol. The van der Waals surface area contributed by atoms with E-state index in [0.29, 0.717) is 0 Å². The van der Waals surface area contributed by atoms with E-state index in [1.165, 1.54) is 6.54 Å². The van der Waals surface area contributed by atoms with Crippen LogP contribution in [0.4, 0.5) is 0 Å². The Kier molecular flexibility index (Phi) is 0.762. The fraction of sp³-hybridized carbons (Fsp3) is 0.667. The number of nitrogens with zero attached hydrogens (tertiary/aromatic N) is 1. The van der Waals surface area contributed by atoms with E-state index in [1.54, 1.807) is 0 Å². The Morgan fingerprint density at radius 2 is 2.29 bits per heavy atom. The van der Waals surface area contributed by atoms with Crippen LogP contribution < -0.4 is 0 Å². The van der Waals surface area contributed by atoms with E-state index < -0.39 is 0 Å². The fourth-order valence-corrected chi connectivity index (χ4v) is 0.777. The summed E-state index contributed by atoms with van der Waals surface area (Å²) in [5.74, 6) is 0. The largest absolute Gasteiger partial charge is 0.288 e. The molecule has 0 spiro atoms. The Hall–Kier alpha value is -0.300. The van der Waals surface area contributed by atoms with E-state index in [4.69, 9.17) is 0 Å². The predicted octanol–water partition coefficient (Wildman–Crippen LogP) is 0.979. The van der Waals surface area contributed by atoms with Gasteiger partial charge in [0.05, 0.1) is 13.2 Å². The molecule has 1 heteroatoms. The van der Waals surface area contributed by atoms with Crippen molar-refractivity contribution in [1.29, 1.82) is 0 Å². The first-order chi connectivity index (χ1) is 3.19. The molecule has 0 aromatic carbocycles. The molecule has 0 bridgehead atoms. The molecule has 1 rings (SSSR count). The van der Waals surface area contributed by atoms with E-state index >= 15 is 0 Å². The molecule has 1 nitrogen and oxygen atoms in total. The zero-order valence-electron chi connectivity index (χ0n) is 5.02. The summed E-state index contributed by atoms with van der Waals surface area (Å²) in [5, 5.41) is 0. The van der Waals surface area contributed by atoms with Gasteiger partial charge in [-0.25, -0.2) is 0 Å². The van der Waals surface area contributed by atoms with Crippen molar-refractivity contribution >= 4 is 0 Å². The first-order valence-corrected chi connectivity index (χ1v) is 2.67. The molecule has 0 N–H and O–H groups in total. The van der Waals surface area contributed by atoms with Crippen molar-refractivity contribution in [3.63, 3.8) is 0 Å². The normalized spacial score (nSPS) is 48.6. The second-order valence-electron chi connectivity index (χ2n) is 2.56. The van der Waals surface area contributed by atoms with Gasteiger partial charge in [-0.1, -0.05) is 0 Å². The van der Waals surface area contributed by atoms with E-state index in [9.17, 15) is 0 Å². The van der Waals surface area contributed by atoms with Gasteiger partial charge in [0.1, 0.15) is 12.6 Å². The van der Waals surface area contributed by atoms with Crippen LogP contribution in [0.15, 0.2) is 12.8 Å². The third-order valence-corrected chi connectivity index (χ3v) is 1.95. The van der Waals surface area contributed by atoms with Crippen molar-refractivity contribution in [2.45, 2.75) is 13.0 Å². The van der Waals surface area contributed by atoms with Crippen molar-refractivity contribution in [3.05, 3.63) is 12.8 Å². The maximum absolute atomic E-state index is 3.72. The minimum absolute atomic E-state index is 0.831. The summed E-state index contributed by atoms with van der Waals surface area (Å²) in [4.78, 5) is 0. The van der Waals surface area contributed by atoms with Crippen molar-refractivity contribution in [3.8, 4) is 0 Å². The summed E-state index contributed by atoms with van der Waals surface area (Å²) in [5.41, 5.74) is 0. The quantitative estimate of drug-likeness (QED) is 0.339. The van der Waals surface area contributed by atoms with Crippen LogP contribution in [0.1, 0.15) is 6.92 Å². The Bertz CT molecular complexity index is 98.4. The van der Waals surface area contributed by atoms with Crippen molar-refractivity contribution < 1.29 is 4.48 Å². The summed E-state index contributed by atoms with van der Waals surface area (Å²) in [6, 6.07) is 0.831. The number of hydrogen-bond donors (Lipinski definition) is 0. The molecule has 1 saturated heterocycles. The fourth-order valence-electron chi connectivity index (χ4n) is 0.777. The molecule has 1 fully saturated rings.